The summed E-state index contributed by atoms with van der Waals surface area (Å²) in [6, 6.07) is 9.04. The summed E-state index contributed by atoms with van der Waals surface area (Å²) in [5.41, 5.74) is 2.07. The second kappa shape index (κ2) is 5.96. The molecule has 2 fully saturated rings. The molecule has 1 amide bonds. The molecule has 3 rings (SSSR count). The molecular weight excluding hydrogens is 248 g/mol. The number of carbonyl (C=O) groups is 1. The molecule has 1 aliphatic carbocycles. The molecule has 0 radical (unpaired) electrons. The first-order valence-corrected chi connectivity index (χ1v) is 7.92. The molecule has 0 spiro atoms. The molecule has 1 heterocycles. The fourth-order valence-corrected chi connectivity index (χ4v) is 3.13. The van der Waals surface area contributed by atoms with E-state index >= 15 is 0 Å². The van der Waals surface area contributed by atoms with Gasteiger partial charge in [-0.05, 0) is 50.3 Å². The second-order valence-corrected chi connectivity index (χ2v) is 5.99. The average molecular weight is 272 g/mol. The number of carbonyl (C=O) groups excluding carboxylic acids is 1. The van der Waals surface area contributed by atoms with Gasteiger partial charge < -0.3 is 10.2 Å². The molecule has 3 heteroatoms. The van der Waals surface area contributed by atoms with Crippen molar-refractivity contribution < 1.29 is 4.79 Å². The van der Waals surface area contributed by atoms with Crippen LogP contribution in [0.1, 0.15) is 48.5 Å². The summed E-state index contributed by atoms with van der Waals surface area (Å²) in [7, 11) is 0. The highest BCUT2D eigenvalue weighted by molar-refractivity contribution is 5.96. The van der Waals surface area contributed by atoms with Crippen molar-refractivity contribution in [2.75, 3.05) is 13.1 Å². The third-order valence-corrected chi connectivity index (χ3v) is 4.46. The fourth-order valence-electron chi connectivity index (χ4n) is 3.13. The number of amides is 1. The lowest BCUT2D eigenvalue weighted by atomic mass is 10.0. The number of aryl methyl sites for hydroxylation is 1. The van der Waals surface area contributed by atoms with E-state index in [1.165, 1.54) is 31.2 Å². The topological polar surface area (TPSA) is 32.3 Å². The largest absolute Gasteiger partial charge is 0.334 e. The van der Waals surface area contributed by atoms with Gasteiger partial charge in [-0.15, -0.1) is 0 Å². The Hall–Kier alpha value is -1.35. The second-order valence-electron chi connectivity index (χ2n) is 5.99. The molecule has 1 saturated heterocycles. The van der Waals surface area contributed by atoms with Crippen LogP contribution < -0.4 is 5.32 Å². The van der Waals surface area contributed by atoms with Gasteiger partial charge in [0.25, 0.3) is 5.91 Å². The molecule has 108 valence electrons. The van der Waals surface area contributed by atoms with E-state index in [2.05, 4.69) is 23.2 Å². The minimum atomic E-state index is 0.235. The van der Waals surface area contributed by atoms with Gasteiger partial charge in [0.15, 0.2) is 0 Å². The first-order chi connectivity index (χ1) is 9.79. The van der Waals surface area contributed by atoms with Crippen LogP contribution in [0.4, 0.5) is 0 Å². The first-order valence-electron chi connectivity index (χ1n) is 7.92. The lowest BCUT2D eigenvalue weighted by Crippen LogP contribution is -2.42. The Balaban J connectivity index is 1.77. The number of nitrogens with zero attached hydrogens (tertiary/aromatic N) is 1. The molecule has 3 nitrogen and oxygen atoms in total. The van der Waals surface area contributed by atoms with E-state index in [0.29, 0.717) is 12.1 Å². The van der Waals surface area contributed by atoms with E-state index in [9.17, 15) is 4.79 Å². The number of hydrogen-bond donors (Lipinski definition) is 1. The Labute approximate surface area is 121 Å². The van der Waals surface area contributed by atoms with Crippen LogP contribution in [0.3, 0.4) is 0 Å². The van der Waals surface area contributed by atoms with Crippen LogP contribution in [0, 0.1) is 0 Å². The Kier molecular flexibility index (Phi) is 4.06. The standard InChI is InChI=1S/C17H24N2O/c1-2-13-6-3-4-8-16(13)17(20)19(15-9-10-15)12-14-7-5-11-18-14/h3-4,6,8,14-15,18H,2,5,7,9-12H2,1H3. The van der Waals surface area contributed by atoms with Crippen LogP contribution in [-0.4, -0.2) is 36.0 Å². The van der Waals surface area contributed by atoms with Crippen molar-refractivity contribution in [3.8, 4) is 0 Å². The van der Waals surface area contributed by atoms with Crippen LogP contribution in [0.15, 0.2) is 24.3 Å². The van der Waals surface area contributed by atoms with Gasteiger partial charge >= 0.3 is 0 Å². The Morgan fingerprint density at radius 2 is 2.10 bits per heavy atom. The zero-order valence-electron chi connectivity index (χ0n) is 12.3. The lowest BCUT2D eigenvalue weighted by Gasteiger charge is -2.26. The van der Waals surface area contributed by atoms with Crippen LogP contribution in [-0.2, 0) is 6.42 Å². The Morgan fingerprint density at radius 3 is 2.75 bits per heavy atom. The monoisotopic (exact) mass is 272 g/mol. The quantitative estimate of drug-likeness (QED) is 0.893. The molecule has 1 aliphatic heterocycles. The van der Waals surface area contributed by atoms with Crippen molar-refractivity contribution in [2.24, 2.45) is 0 Å². The van der Waals surface area contributed by atoms with Gasteiger partial charge in [-0.1, -0.05) is 25.1 Å². The zero-order valence-corrected chi connectivity index (χ0v) is 12.3. The molecule has 1 aromatic rings. The van der Waals surface area contributed by atoms with Gasteiger partial charge in [0.2, 0.25) is 0 Å². The van der Waals surface area contributed by atoms with Gasteiger partial charge in [-0.25, -0.2) is 0 Å². The highest BCUT2D eigenvalue weighted by Crippen LogP contribution is 2.29. The van der Waals surface area contributed by atoms with Crippen molar-refractivity contribution in [1.82, 2.24) is 10.2 Å². The summed E-state index contributed by atoms with van der Waals surface area (Å²) in [5, 5.41) is 3.51. The summed E-state index contributed by atoms with van der Waals surface area (Å²) >= 11 is 0. The molecule has 0 aromatic heterocycles. The van der Waals surface area contributed by atoms with E-state index in [1.54, 1.807) is 0 Å². The molecule has 0 bridgehead atoms. The summed E-state index contributed by atoms with van der Waals surface area (Å²) in [4.78, 5) is 15.0. The highest BCUT2D eigenvalue weighted by atomic mass is 16.2. The van der Waals surface area contributed by atoms with Crippen molar-refractivity contribution in [3.05, 3.63) is 35.4 Å². The van der Waals surface area contributed by atoms with Gasteiger partial charge in [-0.3, -0.25) is 4.79 Å². The Morgan fingerprint density at radius 1 is 1.30 bits per heavy atom. The van der Waals surface area contributed by atoms with Crippen LogP contribution >= 0.6 is 0 Å². The number of nitrogens with one attached hydrogen (secondary N) is 1. The minimum Gasteiger partial charge on any atom is -0.334 e. The smallest absolute Gasteiger partial charge is 0.254 e. The third-order valence-electron chi connectivity index (χ3n) is 4.46. The summed E-state index contributed by atoms with van der Waals surface area (Å²) < 4.78 is 0. The minimum absolute atomic E-state index is 0.235. The Bertz CT molecular complexity index is 476. The maximum absolute atomic E-state index is 12.9. The van der Waals surface area contributed by atoms with E-state index in [0.717, 1.165) is 25.1 Å². The maximum atomic E-state index is 12.9. The average Bonchev–Trinajstić information content (AvgIpc) is 3.20. The summed E-state index contributed by atoms with van der Waals surface area (Å²) in [6.45, 7) is 4.09. The van der Waals surface area contributed by atoms with E-state index in [-0.39, 0.29) is 5.91 Å². The molecule has 1 N–H and O–H groups in total. The van der Waals surface area contributed by atoms with E-state index < -0.39 is 0 Å². The van der Waals surface area contributed by atoms with Crippen molar-refractivity contribution in [3.63, 3.8) is 0 Å². The van der Waals surface area contributed by atoms with E-state index in [1.807, 2.05) is 18.2 Å². The van der Waals surface area contributed by atoms with Crippen molar-refractivity contribution in [2.45, 2.75) is 51.1 Å². The zero-order chi connectivity index (χ0) is 13.9. The van der Waals surface area contributed by atoms with Crippen molar-refractivity contribution >= 4 is 5.91 Å². The SMILES string of the molecule is CCc1ccccc1C(=O)N(CC1CCCN1)C1CC1. The fraction of sp³-hybridized carbons (Fsp3) is 0.588. The first kappa shape index (κ1) is 13.6. The summed E-state index contributed by atoms with van der Waals surface area (Å²) in [5.74, 6) is 0.235. The molecular formula is C17H24N2O. The van der Waals surface area contributed by atoms with E-state index in [4.69, 9.17) is 0 Å². The van der Waals surface area contributed by atoms with Gasteiger partial charge in [0.1, 0.15) is 0 Å². The number of hydrogen-bond acceptors (Lipinski definition) is 2. The molecule has 2 aliphatic rings. The molecule has 1 unspecified atom stereocenters. The molecule has 1 aromatic carbocycles. The van der Waals surface area contributed by atoms with Crippen LogP contribution in [0.25, 0.3) is 0 Å². The predicted octanol–water partition coefficient (Wildman–Crippen LogP) is 2.61. The van der Waals surface area contributed by atoms with Gasteiger partial charge in [0, 0.05) is 24.2 Å². The van der Waals surface area contributed by atoms with Crippen LogP contribution in [0.2, 0.25) is 0 Å². The van der Waals surface area contributed by atoms with Crippen molar-refractivity contribution in [1.29, 1.82) is 0 Å². The number of rotatable bonds is 5. The maximum Gasteiger partial charge on any atom is 0.254 e. The van der Waals surface area contributed by atoms with Crippen LogP contribution in [0.5, 0.6) is 0 Å². The van der Waals surface area contributed by atoms with Gasteiger partial charge in [0.05, 0.1) is 0 Å². The summed E-state index contributed by atoms with van der Waals surface area (Å²) in [6.07, 6.45) is 5.70. The van der Waals surface area contributed by atoms with Gasteiger partial charge in [-0.2, -0.15) is 0 Å². The molecule has 1 atom stereocenters. The third kappa shape index (κ3) is 2.88. The molecule has 20 heavy (non-hydrogen) atoms. The molecule has 1 saturated carbocycles. The highest BCUT2D eigenvalue weighted by Gasteiger charge is 2.35. The number of benzene rings is 1. The predicted molar refractivity (Wildman–Crippen MR) is 80.9 cm³/mol. The lowest BCUT2D eigenvalue weighted by molar-refractivity contribution is 0.0727. The normalized spacial score (nSPS) is 21.9.